The smallest absolute Gasteiger partial charge is 0.277 e. The van der Waals surface area contributed by atoms with E-state index in [9.17, 15) is 4.79 Å². The van der Waals surface area contributed by atoms with E-state index in [1.807, 2.05) is 78.9 Å². The van der Waals surface area contributed by atoms with Crippen molar-refractivity contribution in [1.29, 1.82) is 0 Å². The van der Waals surface area contributed by atoms with Crippen LogP contribution in [0.3, 0.4) is 0 Å². The summed E-state index contributed by atoms with van der Waals surface area (Å²) in [6.07, 6.45) is 0. The van der Waals surface area contributed by atoms with Gasteiger partial charge in [-0.25, -0.2) is 4.99 Å². The molecule has 0 bridgehead atoms. The summed E-state index contributed by atoms with van der Waals surface area (Å²) < 4.78 is 1.14. The molecule has 3 aromatic carbocycles. The van der Waals surface area contributed by atoms with E-state index in [-0.39, 0.29) is 5.91 Å². The van der Waals surface area contributed by atoms with Crippen LogP contribution in [0.1, 0.15) is 11.1 Å². The lowest BCUT2D eigenvalue weighted by Gasteiger charge is -2.16. The lowest BCUT2D eigenvalue weighted by molar-refractivity contribution is -0.112. The predicted octanol–water partition coefficient (Wildman–Crippen LogP) is 4.96. The highest BCUT2D eigenvalue weighted by atomic mass is 127. The fourth-order valence-electron chi connectivity index (χ4n) is 2.94. The summed E-state index contributed by atoms with van der Waals surface area (Å²) in [4.78, 5) is 19.5. The minimum Gasteiger partial charge on any atom is -0.302 e. The molecule has 0 radical (unpaired) electrons. The average molecular weight is 438 g/mol. The molecule has 122 valence electrons. The number of halogens is 1. The van der Waals surface area contributed by atoms with Gasteiger partial charge in [0, 0.05) is 9.13 Å². The SMILES string of the molecule is O=C1C(=Nc2ccc(I)cc2)c2ccccc2N1Cc1ccccc1. The lowest BCUT2D eigenvalue weighted by Crippen LogP contribution is -2.29. The van der Waals surface area contributed by atoms with Crippen LogP contribution in [-0.4, -0.2) is 11.6 Å². The Morgan fingerprint density at radius 2 is 1.52 bits per heavy atom. The molecule has 1 aliphatic heterocycles. The fourth-order valence-corrected chi connectivity index (χ4v) is 3.30. The number of para-hydroxylation sites is 1. The number of carbonyl (C=O) groups is 1. The van der Waals surface area contributed by atoms with Crippen LogP contribution in [0.25, 0.3) is 0 Å². The highest BCUT2D eigenvalue weighted by Gasteiger charge is 2.33. The highest BCUT2D eigenvalue weighted by Crippen LogP contribution is 2.32. The minimum absolute atomic E-state index is 0.0522. The molecule has 0 N–H and O–H groups in total. The minimum atomic E-state index is -0.0522. The first kappa shape index (κ1) is 16.0. The standard InChI is InChI=1S/C21H15IN2O/c22-16-10-12-17(13-11-16)23-20-18-8-4-5-9-19(18)24(21(20)25)14-15-6-2-1-3-7-15/h1-13H,14H2. The highest BCUT2D eigenvalue weighted by molar-refractivity contribution is 14.1. The van der Waals surface area contributed by atoms with E-state index in [1.165, 1.54) is 0 Å². The molecule has 0 saturated heterocycles. The Labute approximate surface area is 160 Å². The second kappa shape index (κ2) is 6.80. The number of fused-ring (bicyclic) bond motifs is 1. The number of nitrogens with zero attached hydrogens (tertiary/aromatic N) is 2. The third kappa shape index (κ3) is 3.22. The lowest BCUT2D eigenvalue weighted by atomic mass is 10.1. The zero-order chi connectivity index (χ0) is 17.2. The van der Waals surface area contributed by atoms with Gasteiger partial charge in [-0.2, -0.15) is 0 Å². The molecule has 0 unspecified atom stereocenters. The number of hydrogen-bond donors (Lipinski definition) is 0. The molecule has 0 saturated carbocycles. The second-order valence-electron chi connectivity index (χ2n) is 5.83. The Morgan fingerprint density at radius 3 is 2.28 bits per heavy atom. The number of rotatable bonds is 3. The number of anilines is 1. The Morgan fingerprint density at radius 1 is 0.840 bits per heavy atom. The molecule has 4 rings (SSSR count). The maximum atomic E-state index is 13.0. The van der Waals surface area contributed by atoms with Crippen LogP contribution in [0.4, 0.5) is 11.4 Å². The van der Waals surface area contributed by atoms with Gasteiger partial charge in [0.2, 0.25) is 0 Å². The molecule has 3 aromatic rings. The van der Waals surface area contributed by atoms with Crippen LogP contribution >= 0.6 is 22.6 Å². The topological polar surface area (TPSA) is 32.7 Å². The first-order valence-electron chi connectivity index (χ1n) is 8.02. The maximum Gasteiger partial charge on any atom is 0.277 e. The Bertz CT molecular complexity index is 949. The molecule has 1 heterocycles. The summed E-state index contributed by atoms with van der Waals surface area (Å²) in [5.41, 5.74) is 4.21. The first-order chi connectivity index (χ1) is 12.2. The molecule has 0 atom stereocenters. The van der Waals surface area contributed by atoms with Crippen molar-refractivity contribution in [2.75, 3.05) is 4.90 Å². The van der Waals surface area contributed by atoms with E-state index < -0.39 is 0 Å². The van der Waals surface area contributed by atoms with E-state index in [0.717, 1.165) is 26.1 Å². The van der Waals surface area contributed by atoms with Crippen molar-refractivity contribution < 1.29 is 4.79 Å². The third-order valence-corrected chi connectivity index (χ3v) is 4.87. The molecule has 0 aliphatic carbocycles. The summed E-state index contributed by atoms with van der Waals surface area (Å²) in [5.74, 6) is -0.0522. The fraction of sp³-hybridized carbons (Fsp3) is 0.0476. The summed E-state index contributed by atoms with van der Waals surface area (Å²) in [5, 5.41) is 0. The average Bonchev–Trinajstić information content (AvgIpc) is 2.90. The van der Waals surface area contributed by atoms with E-state index in [1.54, 1.807) is 4.90 Å². The van der Waals surface area contributed by atoms with Gasteiger partial charge in [-0.05, 0) is 58.5 Å². The summed E-state index contributed by atoms with van der Waals surface area (Å²) in [6, 6.07) is 25.7. The number of carbonyl (C=O) groups excluding carboxylic acids is 1. The van der Waals surface area contributed by atoms with Gasteiger partial charge in [-0.15, -0.1) is 0 Å². The number of amides is 1. The maximum absolute atomic E-state index is 13.0. The van der Waals surface area contributed by atoms with Crippen LogP contribution in [-0.2, 0) is 11.3 Å². The van der Waals surface area contributed by atoms with E-state index >= 15 is 0 Å². The van der Waals surface area contributed by atoms with E-state index in [4.69, 9.17) is 0 Å². The van der Waals surface area contributed by atoms with Gasteiger partial charge < -0.3 is 4.90 Å². The molecule has 25 heavy (non-hydrogen) atoms. The third-order valence-electron chi connectivity index (χ3n) is 4.15. The van der Waals surface area contributed by atoms with Gasteiger partial charge in [-0.3, -0.25) is 4.79 Å². The molecule has 0 fully saturated rings. The van der Waals surface area contributed by atoms with Gasteiger partial charge in [-0.1, -0.05) is 48.5 Å². The van der Waals surface area contributed by atoms with Crippen molar-refractivity contribution in [2.24, 2.45) is 4.99 Å². The van der Waals surface area contributed by atoms with E-state index in [2.05, 4.69) is 27.6 Å². The van der Waals surface area contributed by atoms with Crippen molar-refractivity contribution in [3.05, 3.63) is 93.6 Å². The van der Waals surface area contributed by atoms with Crippen molar-refractivity contribution in [2.45, 2.75) is 6.54 Å². The Hall–Kier alpha value is -2.47. The monoisotopic (exact) mass is 438 g/mol. The number of benzene rings is 3. The van der Waals surface area contributed by atoms with Gasteiger partial charge in [0.05, 0.1) is 17.9 Å². The van der Waals surface area contributed by atoms with Crippen LogP contribution in [0.15, 0.2) is 83.9 Å². The van der Waals surface area contributed by atoms with Gasteiger partial charge in [0.25, 0.3) is 5.91 Å². The zero-order valence-electron chi connectivity index (χ0n) is 13.4. The first-order valence-corrected chi connectivity index (χ1v) is 9.10. The second-order valence-corrected chi connectivity index (χ2v) is 7.08. The van der Waals surface area contributed by atoms with Crippen LogP contribution in [0.2, 0.25) is 0 Å². The van der Waals surface area contributed by atoms with Crippen LogP contribution in [0, 0.1) is 3.57 Å². The molecule has 3 nitrogen and oxygen atoms in total. The molecule has 1 aliphatic rings. The summed E-state index contributed by atoms with van der Waals surface area (Å²) >= 11 is 2.26. The van der Waals surface area contributed by atoms with Gasteiger partial charge in [0.1, 0.15) is 5.71 Å². The predicted molar refractivity (Wildman–Crippen MR) is 109 cm³/mol. The summed E-state index contributed by atoms with van der Waals surface area (Å²) in [7, 11) is 0. The van der Waals surface area contributed by atoms with Crippen LogP contribution < -0.4 is 4.90 Å². The molecule has 1 amide bonds. The van der Waals surface area contributed by atoms with Crippen molar-refractivity contribution >= 4 is 45.6 Å². The summed E-state index contributed by atoms with van der Waals surface area (Å²) in [6.45, 7) is 0.544. The molecule has 4 heteroatoms. The van der Waals surface area contributed by atoms with Gasteiger partial charge >= 0.3 is 0 Å². The normalized spacial score (nSPS) is 14.8. The van der Waals surface area contributed by atoms with Crippen molar-refractivity contribution in [3.8, 4) is 0 Å². The molecule has 0 spiro atoms. The van der Waals surface area contributed by atoms with Crippen LogP contribution in [0.5, 0.6) is 0 Å². The quantitative estimate of drug-likeness (QED) is 0.533. The number of aliphatic imine (C=N–C) groups is 1. The Kier molecular flexibility index (Phi) is 4.36. The van der Waals surface area contributed by atoms with E-state index in [0.29, 0.717) is 12.3 Å². The van der Waals surface area contributed by atoms with Crippen molar-refractivity contribution in [1.82, 2.24) is 0 Å². The number of hydrogen-bond acceptors (Lipinski definition) is 2. The molecular weight excluding hydrogens is 423 g/mol. The molecule has 0 aromatic heterocycles. The Balaban J connectivity index is 1.74. The van der Waals surface area contributed by atoms with Crippen molar-refractivity contribution in [3.63, 3.8) is 0 Å². The molecular formula is C21H15IN2O. The van der Waals surface area contributed by atoms with Gasteiger partial charge in [0.15, 0.2) is 0 Å². The largest absolute Gasteiger partial charge is 0.302 e. The zero-order valence-corrected chi connectivity index (χ0v) is 15.6.